The summed E-state index contributed by atoms with van der Waals surface area (Å²) in [5, 5.41) is 3.64. The Morgan fingerprint density at radius 3 is 2.91 bits per heavy atom. The highest BCUT2D eigenvalue weighted by Crippen LogP contribution is 2.30. The van der Waals surface area contributed by atoms with Crippen molar-refractivity contribution in [3.8, 4) is 0 Å². The van der Waals surface area contributed by atoms with Crippen LogP contribution in [0.5, 0.6) is 0 Å². The average Bonchev–Trinajstić information content (AvgIpc) is 3.37. The molecule has 4 nitrogen and oxygen atoms in total. The van der Waals surface area contributed by atoms with Crippen LogP contribution < -0.4 is 5.32 Å². The number of aromatic nitrogens is 1. The second kappa shape index (κ2) is 7.73. The molecule has 1 aliphatic carbocycles. The fourth-order valence-electron chi connectivity index (χ4n) is 3.17. The van der Waals surface area contributed by atoms with Gasteiger partial charge in [0, 0.05) is 37.4 Å². The molecule has 1 atom stereocenters. The Morgan fingerprint density at radius 1 is 1.23 bits per heavy atom. The van der Waals surface area contributed by atoms with Crippen LogP contribution in [0.2, 0.25) is 0 Å². The Labute approximate surface area is 133 Å². The molecule has 0 radical (unpaired) electrons. The second-order valence-electron chi connectivity index (χ2n) is 6.69. The van der Waals surface area contributed by atoms with Crippen LogP contribution >= 0.6 is 0 Å². The van der Waals surface area contributed by atoms with Gasteiger partial charge in [0.1, 0.15) is 0 Å². The van der Waals surface area contributed by atoms with Gasteiger partial charge in [-0.15, -0.1) is 0 Å². The van der Waals surface area contributed by atoms with Gasteiger partial charge in [-0.05, 0) is 63.1 Å². The topological polar surface area (TPSA) is 45.2 Å². The molecule has 1 aromatic heterocycles. The monoisotopic (exact) mass is 301 g/mol. The number of amides is 1. The molecule has 1 saturated carbocycles. The maximum Gasteiger partial charge on any atom is 0.222 e. The number of nitrogens with one attached hydrogen (secondary N) is 1. The number of hydrogen-bond donors (Lipinski definition) is 1. The normalized spacial score (nSPS) is 22.6. The van der Waals surface area contributed by atoms with Gasteiger partial charge in [0.25, 0.3) is 0 Å². The van der Waals surface area contributed by atoms with Gasteiger partial charge >= 0.3 is 0 Å². The van der Waals surface area contributed by atoms with Gasteiger partial charge in [-0.3, -0.25) is 9.78 Å². The first kappa shape index (κ1) is 15.5. The molecule has 22 heavy (non-hydrogen) atoms. The summed E-state index contributed by atoms with van der Waals surface area (Å²) in [6.45, 7) is 2.95. The zero-order valence-electron chi connectivity index (χ0n) is 13.3. The Hall–Kier alpha value is -1.42. The minimum absolute atomic E-state index is 0.365. The van der Waals surface area contributed by atoms with Gasteiger partial charge < -0.3 is 10.2 Å². The number of pyridine rings is 1. The van der Waals surface area contributed by atoms with E-state index in [1.54, 1.807) is 0 Å². The quantitative estimate of drug-likeness (QED) is 0.787. The number of aryl methyl sites for hydroxylation is 1. The van der Waals surface area contributed by atoms with E-state index >= 15 is 0 Å². The lowest BCUT2D eigenvalue weighted by atomic mass is 10.1. The third kappa shape index (κ3) is 4.80. The van der Waals surface area contributed by atoms with Crippen molar-refractivity contribution in [1.29, 1.82) is 0 Å². The van der Waals surface area contributed by atoms with Crippen LogP contribution in [0.1, 0.15) is 44.2 Å². The van der Waals surface area contributed by atoms with Crippen LogP contribution in [0, 0.1) is 5.92 Å². The van der Waals surface area contributed by atoms with Gasteiger partial charge in [-0.2, -0.15) is 0 Å². The molecule has 1 amide bonds. The molecule has 1 aromatic rings. The predicted molar refractivity (Wildman–Crippen MR) is 87.5 cm³/mol. The molecule has 0 spiro atoms. The smallest absolute Gasteiger partial charge is 0.222 e. The van der Waals surface area contributed by atoms with Crippen molar-refractivity contribution in [3.63, 3.8) is 0 Å². The number of rotatable bonds is 7. The Kier molecular flexibility index (Phi) is 5.43. The van der Waals surface area contributed by atoms with Gasteiger partial charge in [-0.1, -0.05) is 6.07 Å². The minimum Gasteiger partial charge on any atom is -0.342 e. The van der Waals surface area contributed by atoms with Crippen LogP contribution in [0.4, 0.5) is 0 Å². The average molecular weight is 301 g/mol. The summed E-state index contributed by atoms with van der Waals surface area (Å²) in [5.74, 6) is 1.16. The zero-order chi connectivity index (χ0) is 15.2. The van der Waals surface area contributed by atoms with E-state index in [0.717, 1.165) is 56.9 Å². The van der Waals surface area contributed by atoms with Crippen molar-refractivity contribution in [2.24, 2.45) is 5.92 Å². The first-order chi connectivity index (χ1) is 10.8. The van der Waals surface area contributed by atoms with Gasteiger partial charge in [-0.25, -0.2) is 0 Å². The van der Waals surface area contributed by atoms with Gasteiger partial charge in [0.05, 0.1) is 0 Å². The lowest BCUT2D eigenvalue weighted by Crippen LogP contribution is -2.34. The molecule has 3 rings (SSSR count). The van der Waals surface area contributed by atoms with Crippen molar-refractivity contribution in [2.45, 2.75) is 51.0 Å². The highest BCUT2D eigenvalue weighted by molar-refractivity contribution is 5.76. The molecule has 120 valence electrons. The number of carbonyl (C=O) groups is 1. The molecule has 0 aromatic carbocycles. The van der Waals surface area contributed by atoms with Crippen molar-refractivity contribution in [1.82, 2.24) is 15.2 Å². The standard InChI is InChI=1S/C18H27N3O/c22-18-9-8-17(10-13-21(18)14-15-6-7-15)20-12-3-5-16-4-1-2-11-19-16/h1-2,4,11,15,17,20H,3,5-10,12-14H2. The molecule has 2 aliphatic rings. The second-order valence-corrected chi connectivity index (χ2v) is 6.69. The Balaban J connectivity index is 1.35. The highest BCUT2D eigenvalue weighted by Gasteiger charge is 2.28. The molecular formula is C18H27N3O. The van der Waals surface area contributed by atoms with E-state index < -0.39 is 0 Å². The molecule has 1 saturated heterocycles. The maximum atomic E-state index is 12.1. The fraction of sp³-hybridized carbons (Fsp3) is 0.667. The Bertz CT molecular complexity index is 472. The summed E-state index contributed by atoms with van der Waals surface area (Å²) in [4.78, 5) is 18.6. The molecule has 4 heteroatoms. The third-order valence-electron chi connectivity index (χ3n) is 4.75. The third-order valence-corrected chi connectivity index (χ3v) is 4.75. The van der Waals surface area contributed by atoms with E-state index in [1.807, 2.05) is 18.3 Å². The largest absolute Gasteiger partial charge is 0.342 e. The first-order valence-electron chi connectivity index (χ1n) is 8.72. The van der Waals surface area contributed by atoms with Crippen molar-refractivity contribution in [3.05, 3.63) is 30.1 Å². The van der Waals surface area contributed by atoms with Crippen LogP contribution in [-0.2, 0) is 11.2 Å². The van der Waals surface area contributed by atoms with Crippen LogP contribution in [0.25, 0.3) is 0 Å². The summed E-state index contributed by atoms with van der Waals surface area (Å²) in [6, 6.07) is 6.58. The minimum atomic E-state index is 0.365. The summed E-state index contributed by atoms with van der Waals surface area (Å²) >= 11 is 0. The summed E-state index contributed by atoms with van der Waals surface area (Å²) < 4.78 is 0. The highest BCUT2D eigenvalue weighted by atomic mass is 16.2. The van der Waals surface area contributed by atoms with Crippen LogP contribution in [-0.4, -0.2) is 41.5 Å². The number of likely N-dealkylation sites (tertiary alicyclic amines) is 1. The van der Waals surface area contributed by atoms with Crippen molar-refractivity contribution < 1.29 is 4.79 Å². The summed E-state index contributed by atoms with van der Waals surface area (Å²) in [6.07, 6.45) is 9.42. The van der Waals surface area contributed by atoms with Crippen molar-refractivity contribution in [2.75, 3.05) is 19.6 Å². The molecular weight excluding hydrogens is 274 g/mol. The molecule has 2 fully saturated rings. The lowest BCUT2D eigenvalue weighted by molar-refractivity contribution is -0.130. The fourth-order valence-corrected chi connectivity index (χ4v) is 3.17. The van der Waals surface area contributed by atoms with E-state index in [4.69, 9.17) is 0 Å². The van der Waals surface area contributed by atoms with Gasteiger partial charge in [0.2, 0.25) is 5.91 Å². The maximum absolute atomic E-state index is 12.1. The molecule has 1 N–H and O–H groups in total. The molecule has 0 bridgehead atoms. The summed E-state index contributed by atoms with van der Waals surface area (Å²) in [5.41, 5.74) is 1.16. The molecule has 1 unspecified atom stereocenters. The van der Waals surface area contributed by atoms with Crippen LogP contribution in [0.3, 0.4) is 0 Å². The van der Waals surface area contributed by atoms with E-state index in [0.29, 0.717) is 18.4 Å². The Morgan fingerprint density at radius 2 is 2.14 bits per heavy atom. The van der Waals surface area contributed by atoms with E-state index in [1.165, 1.54) is 12.8 Å². The zero-order valence-corrected chi connectivity index (χ0v) is 13.3. The van der Waals surface area contributed by atoms with Crippen LogP contribution in [0.15, 0.2) is 24.4 Å². The lowest BCUT2D eigenvalue weighted by Gasteiger charge is -2.20. The molecule has 2 heterocycles. The predicted octanol–water partition coefficient (Wildman–Crippen LogP) is 2.39. The van der Waals surface area contributed by atoms with Gasteiger partial charge in [0.15, 0.2) is 0 Å². The van der Waals surface area contributed by atoms with Crippen molar-refractivity contribution >= 4 is 5.91 Å². The first-order valence-corrected chi connectivity index (χ1v) is 8.72. The molecule has 1 aliphatic heterocycles. The number of carbonyl (C=O) groups excluding carboxylic acids is 1. The summed E-state index contributed by atoms with van der Waals surface area (Å²) in [7, 11) is 0. The number of nitrogens with zero attached hydrogens (tertiary/aromatic N) is 2. The van der Waals surface area contributed by atoms with E-state index in [-0.39, 0.29) is 0 Å². The van der Waals surface area contributed by atoms with E-state index in [2.05, 4.69) is 21.3 Å². The number of hydrogen-bond acceptors (Lipinski definition) is 3. The van der Waals surface area contributed by atoms with E-state index in [9.17, 15) is 4.79 Å². The SMILES string of the molecule is O=C1CCC(NCCCc2ccccn2)CCN1CC1CC1.